The number of nitrogens with two attached hydrogens (primary N) is 2. The van der Waals surface area contributed by atoms with E-state index in [9.17, 15) is 38.4 Å². The van der Waals surface area contributed by atoms with E-state index in [1.165, 1.54) is 19.4 Å². The van der Waals surface area contributed by atoms with E-state index < -0.39 is 83.5 Å². The Kier molecular flexibility index (Phi) is 20.6. The topological polar surface area (TPSA) is 401 Å². The summed E-state index contributed by atoms with van der Waals surface area (Å²) in [7, 11) is 0. The quantitative estimate of drug-likeness (QED) is 0.0289. The zero-order chi connectivity index (χ0) is 54.6. The average molecular weight is 1050 g/mol. The molecule has 1 saturated heterocycles. The summed E-state index contributed by atoms with van der Waals surface area (Å²) in [5, 5.41) is 44.9. The predicted octanol–water partition coefficient (Wildman–Crippen LogP) is -1.45. The number of aromatic amines is 2. The van der Waals surface area contributed by atoms with Crippen LogP contribution in [0.1, 0.15) is 62.3 Å². The molecule has 76 heavy (non-hydrogen) atoms. The minimum absolute atomic E-state index is 0.00893. The molecule has 3 aromatic carbocycles. The molecular weight excluding hydrogens is 979 g/mol. The van der Waals surface area contributed by atoms with Gasteiger partial charge in [0.2, 0.25) is 47.3 Å². The van der Waals surface area contributed by atoms with E-state index in [4.69, 9.17) is 22.3 Å². The summed E-state index contributed by atoms with van der Waals surface area (Å²) in [6.07, 6.45) is 4.26. The molecule has 0 spiro atoms. The second kappa shape index (κ2) is 27.9. The van der Waals surface area contributed by atoms with Gasteiger partial charge in [0.15, 0.2) is 11.9 Å². The van der Waals surface area contributed by atoms with Crippen molar-refractivity contribution < 1.29 is 38.4 Å². The Morgan fingerprint density at radius 3 is 2.05 bits per heavy atom. The van der Waals surface area contributed by atoms with Gasteiger partial charge in [0.05, 0.1) is 12.0 Å². The molecule has 404 valence electrons. The van der Waals surface area contributed by atoms with Crippen molar-refractivity contribution in [2.75, 3.05) is 26.2 Å². The van der Waals surface area contributed by atoms with Crippen molar-refractivity contribution in [3.63, 3.8) is 0 Å². The maximum atomic E-state index is 14.8. The third kappa shape index (κ3) is 17.3. The highest BCUT2D eigenvalue weighted by molar-refractivity contribution is 5.98. The first-order valence-electron chi connectivity index (χ1n) is 25.0. The molecule has 5 aromatic rings. The number of rotatable bonds is 17. The fourth-order valence-corrected chi connectivity index (χ4v) is 8.71. The number of carbonyl (C=O) groups excluding carboxylic acids is 8. The van der Waals surface area contributed by atoms with Crippen molar-refractivity contribution in [3.8, 4) is 0 Å². The molecule has 0 bridgehead atoms. The van der Waals surface area contributed by atoms with Gasteiger partial charge in [-0.2, -0.15) is 0 Å². The van der Waals surface area contributed by atoms with E-state index in [-0.39, 0.29) is 95.9 Å². The van der Waals surface area contributed by atoms with Crippen LogP contribution in [-0.2, 0) is 57.6 Å². The molecular formula is C51H67N17O8. The number of fused-ring (bicyclic) bond motifs is 2. The van der Waals surface area contributed by atoms with E-state index in [1.807, 2.05) is 60.7 Å². The average Bonchev–Trinajstić information content (AvgIpc) is 4.07. The monoisotopic (exact) mass is 1050 g/mol. The van der Waals surface area contributed by atoms with Gasteiger partial charge in [-0.15, -0.1) is 0 Å². The number of aromatic nitrogens is 3. The summed E-state index contributed by atoms with van der Waals surface area (Å²) in [6, 6.07) is 12.5. The zero-order valence-electron chi connectivity index (χ0n) is 42.1. The molecule has 25 nitrogen and oxygen atoms in total. The van der Waals surface area contributed by atoms with Gasteiger partial charge in [0, 0.05) is 82.1 Å². The van der Waals surface area contributed by atoms with Gasteiger partial charge in [-0.05, 0) is 60.1 Å². The van der Waals surface area contributed by atoms with Crippen LogP contribution in [0.2, 0.25) is 0 Å². The second-order valence-corrected chi connectivity index (χ2v) is 18.4. The van der Waals surface area contributed by atoms with Crippen LogP contribution in [0.3, 0.4) is 0 Å². The lowest BCUT2D eigenvalue weighted by atomic mass is 9.99. The normalized spacial score (nSPS) is 19.8. The van der Waals surface area contributed by atoms with Crippen molar-refractivity contribution in [2.45, 2.75) is 101 Å². The summed E-state index contributed by atoms with van der Waals surface area (Å²) >= 11 is 0. The fraction of sp³-hybridized carbons (Fsp3) is 0.392. The third-order valence-electron chi connectivity index (χ3n) is 12.6. The Balaban J connectivity index is 1.37. The molecule has 0 radical (unpaired) electrons. The minimum Gasteiger partial charge on any atom is -0.370 e. The fourth-order valence-electron chi connectivity index (χ4n) is 8.71. The molecule has 3 heterocycles. The number of amides is 8. The van der Waals surface area contributed by atoms with Crippen LogP contribution in [0.5, 0.6) is 0 Å². The minimum atomic E-state index is -1.47. The number of nitrogens with zero attached hydrogens (tertiary/aromatic N) is 1. The summed E-state index contributed by atoms with van der Waals surface area (Å²) in [5.74, 6) is -6.31. The van der Waals surface area contributed by atoms with Crippen molar-refractivity contribution in [1.29, 1.82) is 10.8 Å². The molecule has 6 atom stereocenters. The smallest absolute Gasteiger partial charge is 0.243 e. The molecule has 6 rings (SSSR count). The van der Waals surface area contributed by atoms with Crippen molar-refractivity contribution in [1.82, 2.24) is 68.1 Å². The van der Waals surface area contributed by atoms with E-state index in [0.29, 0.717) is 16.8 Å². The van der Waals surface area contributed by atoms with Crippen molar-refractivity contribution >= 4 is 80.9 Å². The maximum absolute atomic E-state index is 14.8. The Hall–Kier alpha value is -9.03. The van der Waals surface area contributed by atoms with E-state index in [1.54, 1.807) is 12.3 Å². The number of para-hydroxylation sites is 1. The van der Waals surface area contributed by atoms with Crippen LogP contribution in [0.4, 0.5) is 0 Å². The number of imidazole rings is 1. The Bertz CT molecular complexity index is 2870. The standard InChI is InChI=1S/C51H67N17O8/c1-29(69)63-37(12-6-18-59-50(52)53)45(72)65-39-16-17-43(70)57-20-21-58-44(71)41(24-33-26-61-36-11-5-4-10-35(33)36)67-46(73)38(13-7-19-60-51(54)55)64-48(75)40(23-30-14-15-31-8-2-3-9-32(31)22-30)66-49(76)42(68-47(39)74)25-34-27-56-28-62-34/h2-5,8-11,14-15,22,26-28,37-42,61H,6-7,12-13,16-21,23-25H2,1H3,(H,56,62)(H,57,70)(H,58,71)(H,63,69)(H,64,75)(H,65,72)(H,66,76)(H,67,73)(H,68,74)(H4,52,53,59)(H4,54,55,60)/t37-,38-,39-,40+,41+,42-/m0/s1. The van der Waals surface area contributed by atoms with Crippen LogP contribution >= 0.6 is 0 Å². The molecule has 25 heteroatoms. The Labute approximate surface area is 437 Å². The van der Waals surface area contributed by atoms with Crippen molar-refractivity contribution in [3.05, 3.63) is 102 Å². The molecule has 0 aliphatic carbocycles. The second-order valence-electron chi connectivity index (χ2n) is 18.4. The van der Waals surface area contributed by atoms with E-state index >= 15 is 0 Å². The van der Waals surface area contributed by atoms with Gasteiger partial charge in [-0.3, -0.25) is 49.2 Å². The summed E-state index contributed by atoms with van der Waals surface area (Å²) in [5.41, 5.74) is 13.4. The van der Waals surface area contributed by atoms with Gasteiger partial charge in [0.25, 0.3) is 0 Å². The Morgan fingerprint density at radius 1 is 0.711 bits per heavy atom. The number of carbonyl (C=O) groups is 8. The first-order valence-corrected chi connectivity index (χ1v) is 25.0. The number of benzene rings is 3. The summed E-state index contributed by atoms with van der Waals surface area (Å²) in [6.45, 7) is 1.41. The summed E-state index contributed by atoms with van der Waals surface area (Å²) < 4.78 is 0. The highest BCUT2D eigenvalue weighted by Gasteiger charge is 2.34. The molecule has 0 unspecified atom stereocenters. The summed E-state index contributed by atoms with van der Waals surface area (Å²) in [4.78, 5) is 123. The third-order valence-corrected chi connectivity index (χ3v) is 12.6. The SMILES string of the molecule is CC(=O)N[C@@H](CCCNC(=N)N)C(=O)N[C@H]1CCC(=O)NCCNC(=O)[C@@H](Cc2c[nH]c3ccccc23)NC(=O)[C@H](CCCNC(=N)N)NC(=O)[C@@H](Cc2ccc3ccccc3c2)NC(=O)[C@H](Cc2c[nH]cn2)NC1=O. The molecule has 18 N–H and O–H groups in total. The lowest BCUT2D eigenvalue weighted by Gasteiger charge is -2.28. The largest absolute Gasteiger partial charge is 0.370 e. The number of hydrogen-bond donors (Lipinski definition) is 16. The molecule has 8 amide bonds. The van der Waals surface area contributed by atoms with Gasteiger partial charge in [-0.1, -0.05) is 60.7 Å². The first-order chi connectivity index (χ1) is 36.5. The molecule has 1 aliphatic rings. The molecule has 1 fully saturated rings. The van der Waals surface area contributed by atoms with Gasteiger partial charge in [0.1, 0.15) is 36.3 Å². The van der Waals surface area contributed by atoms with Crippen LogP contribution in [0, 0.1) is 10.8 Å². The first kappa shape index (κ1) is 56.3. The molecule has 0 saturated carbocycles. The van der Waals surface area contributed by atoms with Crippen LogP contribution < -0.4 is 64.6 Å². The van der Waals surface area contributed by atoms with Gasteiger partial charge < -0.3 is 74.6 Å². The van der Waals surface area contributed by atoms with Gasteiger partial charge in [-0.25, -0.2) is 4.98 Å². The van der Waals surface area contributed by atoms with Crippen LogP contribution in [0.15, 0.2) is 85.5 Å². The van der Waals surface area contributed by atoms with E-state index in [2.05, 4.69) is 68.1 Å². The zero-order valence-corrected chi connectivity index (χ0v) is 42.1. The number of hydrogen-bond acceptors (Lipinski definition) is 11. The number of nitrogens with one attached hydrogen (secondary N) is 14. The number of H-pyrrole nitrogens is 2. The van der Waals surface area contributed by atoms with Crippen LogP contribution in [0.25, 0.3) is 21.7 Å². The van der Waals surface area contributed by atoms with Gasteiger partial charge >= 0.3 is 0 Å². The molecule has 2 aromatic heterocycles. The predicted molar refractivity (Wildman–Crippen MR) is 283 cm³/mol. The van der Waals surface area contributed by atoms with E-state index in [0.717, 1.165) is 21.7 Å². The van der Waals surface area contributed by atoms with Crippen molar-refractivity contribution in [2.24, 2.45) is 11.5 Å². The van der Waals surface area contributed by atoms with Crippen LogP contribution in [-0.4, -0.2) is 137 Å². The Morgan fingerprint density at radius 2 is 1.34 bits per heavy atom. The lowest BCUT2D eigenvalue weighted by Crippen LogP contribution is -2.60. The maximum Gasteiger partial charge on any atom is 0.243 e. The highest BCUT2D eigenvalue weighted by Crippen LogP contribution is 2.20. The molecule has 1 aliphatic heterocycles. The lowest BCUT2D eigenvalue weighted by molar-refractivity contribution is -0.135. The highest BCUT2D eigenvalue weighted by atomic mass is 16.2. The number of guanidine groups is 2.